The van der Waals surface area contributed by atoms with Gasteiger partial charge >= 0.3 is 0 Å². The molecule has 4 N–H and O–H groups in total. The van der Waals surface area contributed by atoms with Crippen molar-refractivity contribution in [2.24, 2.45) is 0 Å². The lowest BCUT2D eigenvalue weighted by molar-refractivity contribution is 0.260. The van der Waals surface area contributed by atoms with Gasteiger partial charge in [0.05, 0.1) is 16.6 Å². The quantitative estimate of drug-likeness (QED) is 0.290. The first-order valence-corrected chi connectivity index (χ1v) is 11.9. The van der Waals surface area contributed by atoms with E-state index in [4.69, 9.17) is 15.5 Å². The fourth-order valence-corrected chi connectivity index (χ4v) is 4.27. The number of halogens is 1. The third-order valence-electron chi connectivity index (χ3n) is 6.12. The van der Waals surface area contributed by atoms with Crippen LogP contribution in [0.3, 0.4) is 0 Å². The van der Waals surface area contributed by atoms with Crippen LogP contribution in [-0.2, 0) is 0 Å². The third-order valence-corrected chi connectivity index (χ3v) is 6.12. The molecule has 0 spiro atoms. The Kier molecular flexibility index (Phi) is 5.89. The monoisotopic (exact) mass is 509 g/mol. The number of nitrogens with one attached hydrogen (secondary N) is 2. The van der Waals surface area contributed by atoms with E-state index in [1.165, 1.54) is 12.1 Å². The van der Waals surface area contributed by atoms with Gasteiger partial charge in [0.15, 0.2) is 17.1 Å². The van der Waals surface area contributed by atoms with Crippen LogP contribution >= 0.6 is 0 Å². The summed E-state index contributed by atoms with van der Waals surface area (Å²) in [7, 11) is 3.91. The van der Waals surface area contributed by atoms with Gasteiger partial charge in [-0.15, -0.1) is 0 Å². The van der Waals surface area contributed by atoms with Gasteiger partial charge in [0.1, 0.15) is 23.9 Å². The number of anilines is 1. The van der Waals surface area contributed by atoms with E-state index >= 15 is 0 Å². The van der Waals surface area contributed by atoms with Gasteiger partial charge in [0.2, 0.25) is 0 Å². The Morgan fingerprint density at radius 1 is 0.974 bits per heavy atom. The van der Waals surface area contributed by atoms with Crippen molar-refractivity contribution in [2.75, 3.05) is 33.0 Å². The largest absolute Gasteiger partial charge is 0.492 e. The van der Waals surface area contributed by atoms with Crippen LogP contribution in [0, 0.1) is 5.82 Å². The number of imidazole rings is 1. The van der Waals surface area contributed by atoms with Crippen molar-refractivity contribution < 1.29 is 9.13 Å². The van der Waals surface area contributed by atoms with Gasteiger partial charge in [-0.2, -0.15) is 5.10 Å². The molecule has 38 heavy (non-hydrogen) atoms. The van der Waals surface area contributed by atoms with E-state index in [-0.39, 0.29) is 5.82 Å². The van der Waals surface area contributed by atoms with Crippen LogP contribution in [0.15, 0.2) is 61.2 Å². The Morgan fingerprint density at radius 2 is 1.84 bits per heavy atom. The second kappa shape index (κ2) is 9.52. The van der Waals surface area contributed by atoms with Crippen LogP contribution in [0.25, 0.3) is 56.0 Å². The lowest BCUT2D eigenvalue weighted by Crippen LogP contribution is -2.19. The molecule has 0 radical (unpaired) electrons. The van der Waals surface area contributed by atoms with Gasteiger partial charge in [-0.1, -0.05) is 0 Å². The average molecular weight is 510 g/mol. The minimum atomic E-state index is -0.388. The second-order valence-electron chi connectivity index (χ2n) is 9.17. The molecule has 0 amide bonds. The molecule has 0 bridgehead atoms. The van der Waals surface area contributed by atoms with E-state index in [0.717, 1.165) is 28.6 Å². The van der Waals surface area contributed by atoms with Crippen LogP contribution in [0.2, 0.25) is 0 Å². The zero-order chi connectivity index (χ0) is 26.2. The minimum Gasteiger partial charge on any atom is -0.492 e. The zero-order valence-corrected chi connectivity index (χ0v) is 20.7. The second-order valence-corrected chi connectivity index (χ2v) is 9.17. The summed E-state index contributed by atoms with van der Waals surface area (Å²) in [6.45, 7) is 1.17. The number of fused-ring (bicyclic) bond motifs is 2. The first-order chi connectivity index (χ1) is 18.4. The maximum absolute atomic E-state index is 14.5. The number of nitrogens with two attached hydrogens (primary N) is 1. The zero-order valence-electron chi connectivity index (χ0n) is 20.7. The first kappa shape index (κ1) is 23.5. The van der Waals surface area contributed by atoms with Gasteiger partial charge in [-0.3, -0.25) is 10.1 Å². The Morgan fingerprint density at radius 3 is 2.68 bits per heavy atom. The Balaban J connectivity index is 1.40. The molecule has 0 aliphatic heterocycles. The number of pyridine rings is 3. The highest BCUT2D eigenvalue weighted by Gasteiger charge is 2.17. The molecule has 10 nitrogen and oxygen atoms in total. The lowest BCUT2D eigenvalue weighted by Gasteiger charge is -2.12. The molecule has 0 saturated heterocycles. The number of likely N-dealkylation sites (N-methyl/N-ethyl adjacent to an activating group) is 1. The summed E-state index contributed by atoms with van der Waals surface area (Å²) < 4.78 is 20.3. The van der Waals surface area contributed by atoms with Gasteiger partial charge in [0.25, 0.3) is 0 Å². The van der Waals surface area contributed by atoms with Crippen LogP contribution < -0.4 is 10.5 Å². The van der Waals surface area contributed by atoms with E-state index < -0.39 is 0 Å². The summed E-state index contributed by atoms with van der Waals surface area (Å²) in [5.41, 5.74) is 11.9. The minimum absolute atomic E-state index is 0.388. The van der Waals surface area contributed by atoms with Gasteiger partial charge < -0.3 is 20.4 Å². The summed E-state index contributed by atoms with van der Waals surface area (Å²) in [6, 6.07) is 10.3. The van der Waals surface area contributed by atoms with Crippen LogP contribution in [-0.4, -0.2) is 67.3 Å². The molecule has 5 aromatic heterocycles. The molecule has 0 fully saturated rings. The van der Waals surface area contributed by atoms with Crippen LogP contribution in [0.5, 0.6) is 5.75 Å². The average Bonchev–Trinajstić information content (AvgIpc) is 3.51. The number of rotatable bonds is 7. The molecule has 0 saturated carbocycles. The maximum Gasteiger partial charge on any atom is 0.181 e. The van der Waals surface area contributed by atoms with E-state index in [1.54, 1.807) is 24.8 Å². The van der Waals surface area contributed by atoms with Crippen molar-refractivity contribution in [1.29, 1.82) is 0 Å². The molecule has 6 rings (SSSR count). The summed E-state index contributed by atoms with van der Waals surface area (Å²) in [6.07, 6.45) is 6.70. The Hall–Kier alpha value is -4.90. The SMILES string of the molecule is CN(C)CCOc1cc(F)cc(-c2ccnc3nc(-c4[nH]nc5ncc(-c6cncc(N)c6)cc45)[nH]c23)c1. The van der Waals surface area contributed by atoms with E-state index in [9.17, 15) is 4.39 Å². The van der Waals surface area contributed by atoms with Gasteiger partial charge in [0, 0.05) is 54.1 Å². The predicted molar refractivity (Wildman–Crippen MR) is 144 cm³/mol. The van der Waals surface area contributed by atoms with Crippen molar-refractivity contribution in [2.45, 2.75) is 0 Å². The molecule has 190 valence electrons. The number of hydrogen-bond acceptors (Lipinski definition) is 8. The van der Waals surface area contributed by atoms with E-state index in [2.05, 4.69) is 30.1 Å². The molecule has 1 aromatic carbocycles. The topological polar surface area (TPSA) is 135 Å². The highest BCUT2D eigenvalue weighted by atomic mass is 19.1. The van der Waals surface area contributed by atoms with Gasteiger partial charge in [-0.05, 0) is 50.0 Å². The highest BCUT2D eigenvalue weighted by molar-refractivity contribution is 5.96. The normalized spacial score (nSPS) is 11.6. The number of nitrogen functional groups attached to an aromatic ring is 1. The molecule has 11 heteroatoms. The molecule has 6 aromatic rings. The van der Waals surface area contributed by atoms with Gasteiger partial charge in [-0.25, -0.2) is 19.3 Å². The fraction of sp³-hybridized carbons (Fsp3) is 0.148. The number of hydrogen-bond donors (Lipinski definition) is 3. The number of aromatic nitrogens is 7. The van der Waals surface area contributed by atoms with E-state index in [1.807, 2.05) is 43.3 Å². The molecular weight excluding hydrogens is 485 g/mol. The number of aromatic amines is 2. The van der Waals surface area contributed by atoms with Crippen LogP contribution in [0.1, 0.15) is 0 Å². The van der Waals surface area contributed by atoms with Crippen molar-refractivity contribution in [3.63, 3.8) is 0 Å². The summed E-state index contributed by atoms with van der Waals surface area (Å²) in [5, 5.41) is 8.14. The molecule has 0 aliphatic rings. The summed E-state index contributed by atoms with van der Waals surface area (Å²) in [5.74, 6) is 0.605. The predicted octanol–water partition coefficient (Wildman–Crippen LogP) is 4.29. The standard InChI is InChI=1S/C27H24FN9O/c1-37(2)5-6-38-20-9-15(7-18(28)11-20)21-3-4-31-26-23(21)33-27(34-26)24-22-10-17(13-32-25(22)36-35-24)16-8-19(29)14-30-12-16/h3-4,7-14H,5-6,29H2,1-2H3,(H,31,33,34)(H,32,35,36). The number of nitrogens with zero attached hydrogens (tertiary/aromatic N) is 6. The lowest BCUT2D eigenvalue weighted by atomic mass is 10.1. The van der Waals surface area contributed by atoms with Crippen LogP contribution in [0.4, 0.5) is 10.1 Å². The smallest absolute Gasteiger partial charge is 0.181 e. The molecule has 0 unspecified atom stereocenters. The van der Waals surface area contributed by atoms with Crippen molar-refractivity contribution >= 4 is 27.9 Å². The number of H-pyrrole nitrogens is 2. The Bertz CT molecular complexity index is 1780. The molecule has 0 aliphatic carbocycles. The third kappa shape index (κ3) is 4.50. The fourth-order valence-electron chi connectivity index (χ4n) is 4.27. The summed E-state index contributed by atoms with van der Waals surface area (Å²) >= 11 is 0. The highest BCUT2D eigenvalue weighted by Crippen LogP contribution is 2.33. The number of ether oxygens (including phenoxy) is 1. The molecular formula is C27H24FN9O. The maximum atomic E-state index is 14.5. The first-order valence-electron chi connectivity index (χ1n) is 11.9. The van der Waals surface area contributed by atoms with Crippen molar-refractivity contribution in [3.05, 3.63) is 67.0 Å². The summed E-state index contributed by atoms with van der Waals surface area (Å²) in [4.78, 5) is 23.1. The molecule has 5 heterocycles. The van der Waals surface area contributed by atoms with Crippen molar-refractivity contribution in [3.8, 4) is 39.5 Å². The number of benzene rings is 1. The Labute approximate surface area is 216 Å². The van der Waals surface area contributed by atoms with Crippen molar-refractivity contribution in [1.82, 2.24) is 40.0 Å². The van der Waals surface area contributed by atoms with E-state index in [0.29, 0.717) is 51.9 Å². The molecule has 0 atom stereocenters.